The van der Waals surface area contributed by atoms with Crippen LogP contribution in [-0.4, -0.2) is 100 Å². The summed E-state index contributed by atoms with van der Waals surface area (Å²) in [7, 11) is 0. The molecule has 7 N–H and O–H groups in total. The zero-order valence-electron chi connectivity index (χ0n) is 20.7. The molecule has 2 aliphatic heterocycles. The molecule has 0 spiro atoms. The first-order valence-corrected chi connectivity index (χ1v) is 11.8. The molecule has 41 heavy (non-hydrogen) atoms. The molecule has 1 fully saturated rings. The van der Waals surface area contributed by atoms with Gasteiger partial charge in [0.05, 0.1) is 6.54 Å². The van der Waals surface area contributed by atoms with Crippen molar-refractivity contribution in [2.24, 2.45) is 5.73 Å². The average molecular weight is 601 g/mol. The third kappa shape index (κ3) is 7.49. The van der Waals surface area contributed by atoms with E-state index in [0.29, 0.717) is 12.1 Å². The Bertz CT molecular complexity index is 1260. The van der Waals surface area contributed by atoms with Crippen LogP contribution in [0.1, 0.15) is 23.6 Å². The molecule has 1 amide bonds. The van der Waals surface area contributed by atoms with Crippen molar-refractivity contribution in [2.75, 3.05) is 6.54 Å². The fourth-order valence-corrected chi connectivity index (χ4v) is 4.07. The van der Waals surface area contributed by atoms with E-state index in [-0.39, 0.29) is 43.9 Å². The van der Waals surface area contributed by atoms with Gasteiger partial charge in [-0.2, -0.15) is 13.2 Å². The van der Waals surface area contributed by atoms with Gasteiger partial charge in [0, 0.05) is 31.6 Å². The summed E-state index contributed by atoms with van der Waals surface area (Å²) in [6, 6.07) is 0.184. The lowest BCUT2D eigenvalue weighted by Gasteiger charge is -2.36. The average Bonchev–Trinajstić information content (AvgIpc) is 3.32. The molecular weight excluding hydrogens is 576 g/mol. The normalized spacial score (nSPS) is 25.1. The van der Waals surface area contributed by atoms with E-state index in [1.54, 1.807) is 0 Å². The number of rotatable bonds is 5. The number of alkyl halides is 3. The van der Waals surface area contributed by atoms with Crippen molar-refractivity contribution in [1.29, 1.82) is 0 Å². The topological polar surface area (TPSA) is 204 Å². The number of aliphatic hydroxyl groups is 4. The van der Waals surface area contributed by atoms with Gasteiger partial charge in [0.25, 0.3) is 0 Å². The number of carboxylic acid groups (broad SMARTS) is 1. The predicted octanol–water partition coefficient (Wildman–Crippen LogP) is -1.11. The number of hydrogen-bond acceptors (Lipinski definition) is 10. The van der Waals surface area contributed by atoms with E-state index in [1.165, 1.54) is 4.90 Å². The van der Waals surface area contributed by atoms with Crippen LogP contribution in [0.25, 0.3) is 0 Å². The number of aliphatic carboxylic acids is 1. The standard InChI is InChI=1S/C16H15F6N5O.C6H10O7/c17-10-6-12(19)11(18)4-8(10)3-9(23)5-14(28)26-1-2-27-13(7-26)24-25-15(27)16(20,21)22;7-1-2(8)4(5(10)11)13-6(12)3(1)9/h4,6,9H,1-3,5,7,23H2;1-4,6-9,12H,(H,10,11)/t9-;1-,2-,3+,4-,6?/m10/s1. The molecule has 6 atom stereocenters. The van der Waals surface area contributed by atoms with Crippen LogP contribution in [0.4, 0.5) is 26.3 Å². The second kappa shape index (κ2) is 12.7. The summed E-state index contributed by atoms with van der Waals surface area (Å²) in [6.07, 6.45) is -13.8. The summed E-state index contributed by atoms with van der Waals surface area (Å²) in [5, 5.41) is 51.0. The summed E-state index contributed by atoms with van der Waals surface area (Å²) in [6.45, 7) is -0.302. The number of nitrogens with two attached hydrogens (primary N) is 1. The molecule has 4 rings (SSSR count). The molecule has 0 aliphatic carbocycles. The third-order valence-electron chi connectivity index (χ3n) is 6.20. The molecule has 13 nitrogen and oxygen atoms in total. The van der Waals surface area contributed by atoms with E-state index in [2.05, 4.69) is 14.9 Å². The van der Waals surface area contributed by atoms with Gasteiger partial charge in [-0.15, -0.1) is 10.2 Å². The number of carbonyl (C=O) groups is 2. The highest BCUT2D eigenvalue weighted by molar-refractivity contribution is 5.77. The van der Waals surface area contributed by atoms with Crippen molar-refractivity contribution < 1.29 is 66.2 Å². The van der Waals surface area contributed by atoms with Crippen molar-refractivity contribution in [2.45, 2.75) is 68.9 Å². The van der Waals surface area contributed by atoms with Gasteiger partial charge in [0.1, 0.15) is 24.1 Å². The Morgan fingerprint density at radius 1 is 1.00 bits per heavy atom. The van der Waals surface area contributed by atoms with Gasteiger partial charge in [-0.25, -0.2) is 18.0 Å². The predicted molar refractivity (Wildman–Crippen MR) is 120 cm³/mol. The SMILES string of the molecule is N[C@@H](CC(=O)N1CCn2c(nnc2C(F)(F)F)C1)Cc1cc(F)c(F)cc1F.O=C(O)[C@H]1OC(O)[C@H](O)[C@@H](O)[C@@H]1O. The van der Waals surface area contributed by atoms with Gasteiger partial charge in [0.2, 0.25) is 11.7 Å². The summed E-state index contributed by atoms with van der Waals surface area (Å²) in [5.41, 5.74) is 5.64. The first-order chi connectivity index (χ1) is 19.0. The van der Waals surface area contributed by atoms with Gasteiger partial charge < -0.3 is 45.5 Å². The lowest BCUT2D eigenvalue weighted by molar-refractivity contribution is -0.279. The summed E-state index contributed by atoms with van der Waals surface area (Å²) in [5.74, 6) is -6.66. The molecule has 1 saturated heterocycles. The van der Waals surface area contributed by atoms with Crippen molar-refractivity contribution in [3.05, 3.63) is 46.8 Å². The zero-order valence-corrected chi connectivity index (χ0v) is 20.7. The molecule has 228 valence electrons. The Morgan fingerprint density at radius 2 is 1.63 bits per heavy atom. The Kier molecular flexibility index (Phi) is 9.93. The number of aliphatic hydroxyl groups excluding tert-OH is 4. The van der Waals surface area contributed by atoms with Crippen molar-refractivity contribution >= 4 is 11.9 Å². The molecular formula is C22H25F6N5O8. The summed E-state index contributed by atoms with van der Waals surface area (Å²) in [4.78, 5) is 24.0. The Balaban J connectivity index is 0.000000298. The zero-order chi connectivity index (χ0) is 30.8. The second-order valence-electron chi connectivity index (χ2n) is 9.19. The minimum Gasteiger partial charge on any atom is -0.479 e. The fraction of sp³-hybridized carbons (Fsp3) is 0.545. The molecule has 3 heterocycles. The second-order valence-corrected chi connectivity index (χ2v) is 9.19. The van der Waals surface area contributed by atoms with Crippen LogP contribution >= 0.6 is 0 Å². The number of carboxylic acids is 1. The van der Waals surface area contributed by atoms with E-state index in [4.69, 9.17) is 31.3 Å². The number of nitrogens with zero attached hydrogens (tertiary/aromatic N) is 4. The van der Waals surface area contributed by atoms with E-state index in [9.17, 15) is 35.9 Å². The number of hydrogen-bond donors (Lipinski definition) is 6. The number of carbonyl (C=O) groups excluding carboxylic acids is 1. The van der Waals surface area contributed by atoms with Gasteiger partial charge in [-0.1, -0.05) is 0 Å². The number of halogens is 6. The lowest BCUT2D eigenvalue weighted by Crippen LogP contribution is -2.59. The van der Waals surface area contributed by atoms with Crippen LogP contribution in [-0.2, 0) is 40.0 Å². The highest BCUT2D eigenvalue weighted by Crippen LogP contribution is 2.29. The van der Waals surface area contributed by atoms with Crippen LogP contribution in [0.15, 0.2) is 12.1 Å². The van der Waals surface area contributed by atoms with Crippen LogP contribution in [0, 0.1) is 17.5 Å². The summed E-state index contributed by atoms with van der Waals surface area (Å²) < 4.78 is 83.6. The largest absolute Gasteiger partial charge is 0.479 e. The van der Waals surface area contributed by atoms with E-state index >= 15 is 0 Å². The van der Waals surface area contributed by atoms with Gasteiger partial charge in [-0.3, -0.25) is 4.79 Å². The third-order valence-corrected chi connectivity index (χ3v) is 6.20. The first-order valence-electron chi connectivity index (χ1n) is 11.8. The van der Waals surface area contributed by atoms with Crippen LogP contribution < -0.4 is 5.73 Å². The Labute approximate surface area is 226 Å². The first kappa shape index (κ1) is 32.2. The van der Waals surface area contributed by atoms with E-state index in [1.807, 2.05) is 0 Å². The molecule has 1 unspecified atom stereocenters. The lowest BCUT2D eigenvalue weighted by atomic mass is 9.99. The molecule has 0 saturated carbocycles. The Morgan fingerprint density at radius 3 is 2.24 bits per heavy atom. The van der Waals surface area contributed by atoms with E-state index < -0.39 is 78.1 Å². The van der Waals surface area contributed by atoms with Gasteiger partial charge in [0.15, 0.2) is 29.9 Å². The maximum absolute atomic E-state index is 13.7. The highest BCUT2D eigenvalue weighted by atomic mass is 19.4. The molecule has 1 aromatic heterocycles. The number of ether oxygens (including phenoxy) is 1. The van der Waals surface area contributed by atoms with Crippen molar-refractivity contribution in [3.8, 4) is 0 Å². The van der Waals surface area contributed by atoms with E-state index in [0.717, 1.165) is 4.57 Å². The molecule has 2 aromatic rings. The molecule has 2 aliphatic rings. The Hall–Kier alpha value is -3.36. The molecule has 0 bridgehead atoms. The number of fused-ring (bicyclic) bond motifs is 1. The van der Waals surface area contributed by atoms with Crippen LogP contribution in [0.2, 0.25) is 0 Å². The smallest absolute Gasteiger partial charge is 0.451 e. The summed E-state index contributed by atoms with van der Waals surface area (Å²) >= 11 is 0. The molecule has 0 radical (unpaired) electrons. The minimum atomic E-state index is -4.64. The maximum atomic E-state index is 13.7. The van der Waals surface area contributed by atoms with Crippen molar-refractivity contribution in [3.63, 3.8) is 0 Å². The van der Waals surface area contributed by atoms with Gasteiger partial charge in [-0.05, 0) is 18.1 Å². The fourth-order valence-electron chi connectivity index (χ4n) is 4.07. The van der Waals surface area contributed by atoms with Gasteiger partial charge >= 0.3 is 12.1 Å². The number of benzene rings is 1. The maximum Gasteiger partial charge on any atom is 0.451 e. The van der Waals surface area contributed by atoms with Crippen LogP contribution in [0.3, 0.4) is 0 Å². The number of amides is 1. The molecule has 1 aromatic carbocycles. The highest BCUT2D eigenvalue weighted by Gasteiger charge is 2.46. The quantitative estimate of drug-likeness (QED) is 0.179. The minimum absolute atomic E-state index is 0.000783. The van der Waals surface area contributed by atoms with Crippen molar-refractivity contribution in [1.82, 2.24) is 19.7 Å². The molecule has 19 heteroatoms. The monoisotopic (exact) mass is 601 g/mol. The van der Waals surface area contributed by atoms with Crippen LogP contribution in [0.5, 0.6) is 0 Å². The number of aromatic nitrogens is 3.